The second-order valence-electron chi connectivity index (χ2n) is 4.69. The number of nitrogens with one attached hydrogen (secondary N) is 1. The summed E-state index contributed by atoms with van der Waals surface area (Å²) in [5, 5.41) is 2.76. The van der Waals surface area contributed by atoms with Gasteiger partial charge in [0, 0.05) is 16.1 Å². The standard InChI is InChI=1S/C16H11ClF3NO2/c17-13-3-1-2-11(8-13)14(22)9-21-15(23)10-4-6-12(7-5-10)16(18,19)20/h1-8H,9H2,(H,21,23). The maximum absolute atomic E-state index is 12.4. The van der Waals surface area contributed by atoms with Crippen LogP contribution in [0.3, 0.4) is 0 Å². The second-order valence-corrected chi connectivity index (χ2v) is 5.13. The molecule has 0 atom stereocenters. The van der Waals surface area contributed by atoms with E-state index in [1.807, 2.05) is 0 Å². The Balaban J connectivity index is 1.98. The van der Waals surface area contributed by atoms with Crippen LogP contribution in [0.5, 0.6) is 0 Å². The maximum atomic E-state index is 12.4. The molecule has 0 aliphatic heterocycles. The molecule has 0 spiro atoms. The predicted molar refractivity (Wildman–Crippen MR) is 79.6 cm³/mol. The van der Waals surface area contributed by atoms with Crippen molar-refractivity contribution in [2.24, 2.45) is 0 Å². The van der Waals surface area contributed by atoms with Crippen LogP contribution in [0, 0.1) is 0 Å². The zero-order valence-electron chi connectivity index (χ0n) is 11.7. The Morgan fingerprint density at radius 1 is 1.00 bits per heavy atom. The van der Waals surface area contributed by atoms with E-state index in [0.717, 1.165) is 24.3 Å². The van der Waals surface area contributed by atoms with Gasteiger partial charge in [-0.2, -0.15) is 13.2 Å². The van der Waals surface area contributed by atoms with Gasteiger partial charge in [0.2, 0.25) is 0 Å². The molecule has 2 rings (SSSR count). The third-order valence-corrected chi connectivity index (χ3v) is 3.27. The van der Waals surface area contributed by atoms with Crippen molar-refractivity contribution in [1.82, 2.24) is 5.32 Å². The average molecular weight is 342 g/mol. The van der Waals surface area contributed by atoms with Crippen LogP contribution in [-0.4, -0.2) is 18.2 Å². The summed E-state index contributed by atoms with van der Waals surface area (Å²) >= 11 is 5.77. The lowest BCUT2D eigenvalue weighted by atomic mass is 10.1. The fourth-order valence-corrected chi connectivity index (χ4v) is 2.03. The summed E-state index contributed by atoms with van der Waals surface area (Å²) in [6.45, 7) is -0.278. The van der Waals surface area contributed by atoms with E-state index >= 15 is 0 Å². The van der Waals surface area contributed by atoms with E-state index in [0.29, 0.717) is 10.6 Å². The van der Waals surface area contributed by atoms with Crippen molar-refractivity contribution in [3.05, 3.63) is 70.2 Å². The third-order valence-electron chi connectivity index (χ3n) is 3.03. The molecule has 1 amide bonds. The first kappa shape index (κ1) is 17.0. The molecular weight excluding hydrogens is 331 g/mol. The Morgan fingerprint density at radius 3 is 2.22 bits per heavy atom. The normalized spacial score (nSPS) is 11.1. The van der Waals surface area contributed by atoms with E-state index in [9.17, 15) is 22.8 Å². The molecule has 0 aliphatic carbocycles. The molecule has 0 heterocycles. The molecule has 0 aliphatic rings. The molecule has 2 aromatic carbocycles. The Bertz CT molecular complexity index is 727. The van der Waals surface area contributed by atoms with Gasteiger partial charge < -0.3 is 5.32 Å². The zero-order valence-corrected chi connectivity index (χ0v) is 12.4. The Morgan fingerprint density at radius 2 is 1.65 bits per heavy atom. The van der Waals surface area contributed by atoms with Crippen LogP contribution in [0.25, 0.3) is 0 Å². The highest BCUT2D eigenvalue weighted by molar-refractivity contribution is 6.31. The number of hydrogen-bond donors (Lipinski definition) is 1. The molecule has 120 valence electrons. The van der Waals surface area contributed by atoms with Gasteiger partial charge in [-0.1, -0.05) is 23.7 Å². The number of carbonyl (C=O) groups excluding carboxylic acids is 2. The summed E-state index contributed by atoms with van der Waals surface area (Å²) in [6, 6.07) is 9.98. The quantitative estimate of drug-likeness (QED) is 0.855. The number of rotatable bonds is 4. The van der Waals surface area contributed by atoms with E-state index in [-0.39, 0.29) is 17.9 Å². The van der Waals surface area contributed by atoms with Gasteiger partial charge in [-0.05, 0) is 36.4 Å². The molecule has 3 nitrogen and oxygen atoms in total. The first-order chi connectivity index (χ1) is 10.8. The molecule has 0 aromatic heterocycles. The monoisotopic (exact) mass is 341 g/mol. The number of benzene rings is 2. The van der Waals surface area contributed by atoms with Crippen molar-refractivity contribution in [3.8, 4) is 0 Å². The van der Waals surface area contributed by atoms with E-state index in [1.54, 1.807) is 18.2 Å². The van der Waals surface area contributed by atoms with Crippen LogP contribution in [0.4, 0.5) is 13.2 Å². The largest absolute Gasteiger partial charge is 0.416 e. The summed E-state index contributed by atoms with van der Waals surface area (Å²) in [5.41, 5.74) is -0.467. The zero-order chi connectivity index (χ0) is 17.0. The fourth-order valence-electron chi connectivity index (χ4n) is 1.84. The number of halogens is 4. The van der Waals surface area contributed by atoms with Gasteiger partial charge in [0.15, 0.2) is 5.78 Å². The number of Topliss-reactive ketones (excluding diaryl/α,β-unsaturated/α-hetero) is 1. The first-order valence-corrected chi connectivity index (χ1v) is 6.89. The highest BCUT2D eigenvalue weighted by Gasteiger charge is 2.30. The molecule has 0 fully saturated rings. The molecular formula is C16H11ClF3NO2. The topological polar surface area (TPSA) is 46.2 Å². The number of alkyl halides is 3. The summed E-state index contributed by atoms with van der Waals surface area (Å²) < 4.78 is 37.3. The first-order valence-electron chi connectivity index (χ1n) is 6.51. The van der Waals surface area contributed by atoms with Crippen molar-refractivity contribution >= 4 is 23.3 Å². The summed E-state index contributed by atoms with van der Waals surface area (Å²) in [7, 11) is 0. The lowest BCUT2D eigenvalue weighted by molar-refractivity contribution is -0.137. The lowest BCUT2D eigenvalue weighted by Gasteiger charge is -2.08. The van der Waals surface area contributed by atoms with Gasteiger partial charge in [-0.15, -0.1) is 0 Å². The minimum absolute atomic E-state index is 0.0388. The van der Waals surface area contributed by atoms with Crippen LogP contribution < -0.4 is 5.32 Å². The summed E-state index contributed by atoms with van der Waals surface area (Å²) in [5.74, 6) is -0.984. The van der Waals surface area contributed by atoms with Crippen LogP contribution in [-0.2, 0) is 6.18 Å². The fraction of sp³-hybridized carbons (Fsp3) is 0.125. The minimum atomic E-state index is -4.46. The molecule has 0 saturated carbocycles. The summed E-state index contributed by atoms with van der Waals surface area (Å²) in [6.07, 6.45) is -4.46. The van der Waals surface area contributed by atoms with Gasteiger partial charge in [-0.3, -0.25) is 9.59 Å². The molecule has 1 N–H and O–H groups in total. The smallest absolute Gasteiger partial charge is 0.345 e. The minimum Gasteiger partial charge on any atom is -0.345 e. The molecule has 0 bridgehead atoms. The number of ketones is 1. The van der Waals surface area contributed by atoms with Crippen molar-refractivity contribution in [1.29, 1.82) is 0 Å². The highest BCUT2D eigenvalue weighted by atomic mass is 35.5. The molecule has 0 saturated heterocycles. The maximum Gasteiger partial charge on any atom is 0.416 e. The van der Waals surface area contributed by atoms with Crippen molar-refractivity contribution in [2.75, 3.05) is 6.54 Å². The van der Waals surface area contributed by atoms with E-state index in [1.165, 1.54) is 6.07 Å². The molecule has 0 radical (unpaired) electrons. The highest BCUT2D eigenvalue weighted by Crippen LogP contribution is 2.29. The van der Waals surface area contributed by atoms with Crippen molar-refractivity contribution in [2.45, 2.75) is 6.18 Å². The molecule has 23 heavy (non-hydrogen) atoms. The van der Waals surface area contributed by atoms with Crippen molar-refractivity contribution < 1.29 is 22.8 Å². The van der Waals surface area contributed by atoms with Crippen LogP contribution >= 0.6 is 11.6 Å². The van der Waals surface area contributed by atoms with Gasteiger partial charge in [0.25, 0.3) is 5.91 Å². The van der Waals surface area contributed by atoms with Gasteiger partial charge in [0.05, 0.1) is 12.1 Å². The second kappa shape index (κ2) is 6.83. The Kier molecular flexibility index (Phi) is 5.05. The van der Waals surface area contributed by atoms with Gasteiger partial charge in [0.1, 0.15) is 0 Å². The van der Waals surface area contributed by atoms with E-state index in [4.69, 9.17) is 11.6 Å². The number of hydrogen-bond acceptors (Lipinski definition) is 2. The number of amides is 1. The predicted octanol–water partition coefficient (Wildman–Crippen LogP) is 3.97. The van der Waals surface area contributed by atoms with E-state index < -0.39 is 17.6 Å². The van der Waals surface area contributed by atoms with E-state index in [2.05, 4.69) is 5.32 Å². The van der Waals surface area contributed by atoms with Crippen molar-refractivity contribution in [3.63, 3.8) is 0 Å². The van der Waals surface area contributed by atoms with Gasteiger partial charge in [-0.25, -0.2) is 0 Å². The molecule has 2 aromatic rings. The van der Waals surface area contributed by atoms with Crippen LogP contribution in [0.1, 0.15) is 26.3 Å². The van der Waals surface area contributed by atoms with Gasteiger partial charge >= 0.3 is 6.18 Å². The Labute approximate surface area is 135 Å². The number of carbonyl (C=O) groups is 2. The molecule has 7 heteroatoms. The lowest BCUT2D eigenvalue weighted by Crippen LogP contribution is -2.29. The third kappa shape index (κ3) is 4.56. The van der Waals surface area contributed by atoms with Crippen LogP contribution in [0.2, 0.25) is 5.02 Å². The Hall–Kier alpha value is -2.34. The summed E-state index contributed by atoms with van der Waals surface area (Å²) in [4.78, 5) is 23.7. The average Bonchev–Trinajstić information content (AvgIpc) is 2.51. The SMILES string of the molecule is O=C(CNC(=O)c1ccc(C(F)(F)F)cc1)c1cccc(Cl)c1. The molecule has 0 unspecified atom stereocenters. The van der Waals surface area contributed by atoms with Crippen LogP contribution in [0.15, 0.2) is 48.5 Å².